The largest absolute Gasteiger partial charge is 0.574 e. The summed E-state index contributed by atoms with van der Waals surface area (Å²) >= 11 is 5.01. The molecule has 14 heavy (non-hydrogen) atoms. The molecule has 0 aliphatic carbocycles. The fourth-order valence-electron chi connectivity index (χ4n) is 0.731. The smallest absolute Gasteiger partial charge is 0.387 e. The quantitative estimate of drug-likeness (QED) is 0.726. The van der Waals surface area contributed by atoms with Crippen molar-refractivity contribution in [2.24, 2.45) is 0 Å². The minimum Gasteiger partial charge on any atom is -0.387 e. The molecule has 0 aliphatic rings. The number of carbonyl (C=O) groups excluding carboxylic acids is 1. The number of nitrogens with zero attached hydrogens (tertiary/aromatic N) is 1. The first-order valence-corrected chi connectivity index (χ1v) is 3.68. The van der Waals surface area contributed by atoms with Crippen LogP contribution >= 0.6 is 11.6 Å². The summed E-state index contributed by atoms with van der Waals surface area (Å²) in [5.74, 6) is -0.847. The van der Waals surface area contributed by atoms with Gasteiger partial charge in [-0.1, -0.05) is 0 Å². The summed E-state index contributed by atoms with van der Waals surface area (Å²) < 4.78 is 38.8. The Hall–Kier alpha value is -1.30. The third-order valence-electron chi connectivity index (χ3n) is 1.20. The Kier molecular flexibility index (Phi) is 2.95. The van der Waals surface area contributed by atoms with Crippen LogP contribution in [0.5, 0.6) is 5.88 Å². The van der Waals surface area contributed by atoms with Crippen molar-refractivity contribution in [3.63, 3.8) is 0 Å². The van der Waals surface area contributed by atoms with E-state index in [9.17, 15) is 18.0 Å². The zero-order valence-electron chi connectivity index (χ0n) is 6.51. The average Bonchev–Trinajstić information content (AvgIpc) is 2.01. The molecule has 0 saturated carbocycles. The highest BCUT2D eigenvalue weighted by atomic mass is 35.5. The zero-order chi connectivity index (χ0) is 10.8. The lowest BCUT2D eigenvalue weighted by Crippen LogP contribution is -2.19. The van der Waals surface area contributed by atoms with Crippen molar-refractivity contribution >= 4 is 16.8 Å². The van der Waals surface area contributed by atoms with Crippen molar-refractivity contribution in [2.75, 3.05) is 0 Å². The van der Waals surface area contributed by atoms with Gasteiger partial charge in [-0.25, -0.2) is 4.98 Å². The van der Waals surface area contributed by atoms with E-state index in [0.29, 0.717) is 0 Å². The maximum Gasteiger partial charge on any atom is 0.574 e. The van der Waals surface area contributed by atoms with Crippen molar-refractivity contribution in [1.82, 2.24) is 4.98 Å². The number of alkyl halides is 3. The van der Waals surface area contributed by atoms with E-state index < -0.39 is 23.0 Å². The summed E-state index contributed by atoms with van der Waals surface area (Å²) in [6, 6.07) is 2.36. The second-order valence-corrected chi connectivity index (χ2v) is 2.52. The van der Waals surface area contributed by atoms with Crippen LogP contribution in [0.15, 0.2) is 18.3 Å². The lowest BCUT2D eigenvalue weighted by Gasteiger charge is -2.09. The molecule has 0 fully saturated rings. The Balaban J connectivity index is 3.02. The highest BCUT2D eigenvalue weighted by Crippen LogP contribution is 2.24. The molecule has 0 aromatic carbocycles. The van der Waals surface area contributed by atoms with Gasteiger partial charge in [-0.05, 0) is 23.7 Å². The maximum absolute atomic E-state index is 11.8. The van der Waals surface area contributed by atoms with E-state index in [0.717, 1.165) is 12.3 Å². The van der Waals surface area contributed by atoms with Gasteiger partial charge in [0.2, 0.25) is 5.88 Å². The molecule has 1 aromatic heterocycles. The molecule has 0 unspecified atom stereocenters. The number of carbonyl (C=O) groups is 1. The summed E-state index contributed by atoms with van der Waals surface area (Å²) in [4.78, 5) is 13.9. The van der Waals surface area contributed by atoms with Crippen LogP contribution in [0.4, 0.5) is 13.2 Å². The van der Waals surface area contributed by atoms with E-state index in [1.165, 1.54) is 6.07 Å². The van der Waals surface area contributed by atoms with Crippen LogP contribution in [0.2, 0.25) is 0 Å². The van der Waals surface area contributed by atoms with Crippen LogP contribution in [-0.4, -0.2) is 16.6 Å². The molecule has 0 aliphatic heterocycles. The van der Waals surface area contributed by atoms with Crippen molar-refractivity contribution in [2.45, 2.75) is 6.36 Å². The fourth-order valence-corrected chi connectivity index (χ4v) is 0.875. The van der Waals surface area contributed by atoms with Gasteiger partial charge in [-0.2, -0.15) is 0 Å². The van der Waals surface area contributed by atoms with Gasteiger partial charge in [0.15, 0.2) is 0 Å². The Morgan fingerprint density at radius 3 is 2.64 bits per heavy atom. The molecule has 0 amide bonds. The van der Waals surface area contributed by atoms with Crippen LogP contribution in [0, 0.1) is 0 Å². The molecule has 0 spiro atoms. The van der Waals surface area contributed by atoms with E-state index in [1.807, 2.05) is 0 Å². The van der Waals surface area contributed by atoms with Crippen LogP contribution in [0.25, 0.3) is 0 Å². The second kappa shape index (κ2) is 3.83. The number of hydrogen-bond acceptors (Lipinski definition) is 3. The van der Waals surface area contributed by atoms with E-state index in [2.05, 4.69) is 9.72 Å². The average molecular weight is 226 g/mol. The molecule has 7 heteroatoms. The van der Waals surface area contributed by atoms with Gasteiger partial charge in [0.25, 0.3) is 5.24 Å². The van der Waals surface area contributed by atoms with Gasteiger partial charge in [-0.15, -0.1) is 13.2 Å². The van der Waals surface area contributed by atoms with E-state index >= 15 is 0 Å². The molecule has 0 atom stereocenters. The molecular formula is C7H3ClF3NO2. The first-order valence-electron chi connectivity index (χ1n) is 3.31. The zero-order valence-corrected chi connectivity index (χ0v) is 7.26. The predicted octanol–water partition coefficient (Wildman–Crippen LogP) is 2.36. The van der Waals surface area contributed by atoms with Gasteiger partial charge < -0.3 is 4.74 Å². The summed E-state index contributed by atoms with van der Waals surface area (Å²) in [6.45, 7) is 0. The van der Waals surface area contributed by atoms with E-state index in [4.69, 9.17) is 11.6 Å². The summed E-state index contributed by atoms with van der Waals surface area (Å²) in [5, 5.41) is -1.06. The Morgan fingerprint density at radius 2 is 2.14 bits per heavy atom. The van der Waals surface area contributed by atoms with Crippen LogP contribution < -0.4 is 4.74 Å². The Bertz CT molecular complexity index is 353. The highest BCUT2D eigenvalue weighted by Gasteiger charge is 2.33. The van der Waals surface area contributed by atoms with Gasteiger partial charge in [-0.3, -0.25) is 4.79 Å². The van der Waals surface area contributed by atoms with Crippen molar-refractivity contribution in [3.8, 4) is 5.88 Å². The third kappa shape index (κ3) is 2.88. The molecular weight excluding hydrogens is 223 g/mol. The van der Waals surface area contributed by atoms with Gasteiger partial charge in [0.05, 0.1) is 5.56 Å². The first-order chi connectivity index (χ1) is 6.40. The number of aromatic nitrogens is 1. The minimum atomic E-state index is -4.89. The maximum atomic E-state index is 11.8. The Morgan fingerprint density at radius 1 is 1.50 bits per heavy atom. The lowest BCUT2D eigenvalue weighted by atomic mass is 10.3. The number of pyridine rings is 1. The molecule has 1 rings (SSSR count). The molecule has 0 bridgehead atoms. The van der Waals surface area contributed by atoms with Gasteiger partial charge in [0.1, 0.15) is 0 Å². The topological polar surface area (TPSA) is 39.2 Å². The van der Waals surface area contributed by atoms with Crippen LogP contribution in [0.1, 0.15) is 10.4 Å². The Labute approximate surface area is 81.5 Å². The summed E-state index contributed by atoms with van der Waals surface area (Å²) in [5.41, 5.74) is -0.425. The van der Waals surface area contributed by atoms with Crippen molar-refractivity contribution in [3.05, 3.63) is 23.9 Å². The van der Waals surface area contributed by atoms with Crippen molar-refractivity contribution < 1.29 is 22.7 Å². The van der Waals surface area contributed by atoms with Gasteiger partial charge >= 0.3 is 6.36 Å². The monoisotopic (exact) mass is 225 g/mol. The fraction of sp³-hybridized carbons (Fsp3) is 0.143. The summed E-state index contributed by atoms with van der Waals surface area (Å²) in [7, 11) is 0. The normalized spacial score (nSPS) is 11.1. The minimum absolute atomic E-state index is 0.425. The van der Waals surface area contributed by atoms with Gasteiger partial charge in [0, 0.05) is 6.20 Å². The molecule has 76 valence electrons. The molecule has 0 radical (unpaired) electrons. The third-order valence-corrected chi connectivity index (χ3v) is 1.40. The first kappa shape index (κ1) is 10.8. The number of ether oxygens (including phenoxy) is 1. The molecule has 0 N–H and O–H groups in total. The molecule has 1 aromatic rings. The second-order valence-electron chi connectivity index (χ2n) is 2.18. The predicted molar refractivity (Wildman–Crippen MR) is 41.1 cm³/mol. The number of rotatable bonds is 2. The van der Waals surface area contributed by atoms with Crippen LogP contribution in [0.3, 0.4) is 0 Å². The van der Waals surface area contributed by atoms with Crippen LogP contribution in [-0.2, 0) is 0 Å². The molecule has 0 saturated heterocycles. The molecule has 1 heterocycles. The van der Waals surface area contributed by atoms with E-state index in [-0.39, 0.29) is 0 Å². The SMILES string of the molecule is O=C(Cl)c1cccnc1OC(F)(F)F. The van der Waals surface area contributed by atoms with Crippen molar-refractivity contribution in [1.29, 1.82) is 0 Å². The lowest BCUT2D eigenvalue weighted by molar-refractivity contribution is -0.276. The number of hydrogen-bond donors (Lipinski definition) is 0. The highest BCUT2D eigenvalue weighted by molar-refractivity contribution is 6.68. The summed E-state index contributed by atoms with van der Waals surface area (Å²) in [6.07, 6.45) is -3.83. The van der Waals surface area contributed by atoms with E-state index in [1.54, 1.807) is 0 Å². The number of halogens is 4. The standard InChI is InChI=1S/C7H3ClF3NO2/c8-5(13)4-2-1-3-12-6(4)14-7(9,10)11/h1-3H. The molecule has 3 nitrogen and oxygen atoms in total.